The van der Waals surface area contributed by atoms with Crippen molar-refractivity contribution in [1.29, 1.82) is 0 Å². The third kappa shape index (κ3) is 11.4. The van der Waals surface area contributed by atoms with Gasteiger partial charge in [-0.15, -0.1) is 0 Å². The molecule has 0 saturated carbocycles. The monoisotopic (exact) mass is 557 g/mol. The molecule has 0 atom stereocenters. The minimum absolute atomic E-state index is 0.0206. The fraction of sp³-hybridized carbons (Fsp3) is 0.630. The normalized spacial score (nSPS) is 11.5. The summed E-state index contributed by atoms with van der Waals surface area (Å²) < 4.78 is 39.5. The molecule has 2 N–H and O–H groups in total. The van der Waals surface area contributed by atoms with Crippen LogP contribution in [0.15, 0.2) is 24.5 Å². The molecule has 38 heavy (non-hydrogen) atoms. The number of hydrogen-bond acceptors (Lipinski definition) is 6. The molecule has 1 aromatic heterocycles. The number of unbranched alkanes of at least 4 members (excludes halogenated alkanes) is 13. The summed E-state index contributed by atoms with van der Waals surface area (Å²) in [6, 6.07) is 3.16. The van der Waals surface area contributed by atoms with Crippen LogP contribution in [0.2, 0.25) is 5.02 Å². The van der Waals surface area contributed by atoms with Crippen molar-refractivity contribution >= 4 is 34.6 Å². The van der Waals surface area contributed by atoms with Crippen LogP contribution < -0.4 is 10.6 Å². The topological polar surface area (TPSA) is 93.0 Å². The molecule has 0 fully saturated rings. The number of benzene rings is 1. The summed E-state index contributed by atoms with van der Waals surface area (Å²) in [6.07, 6.45) is 13.8. The van der Waals surface area contributed by atoms with Gasteiger partial charge in [0.05, 0.1) is 15.5 Å². The molecule has 0 aliphatic heterocycles. The predicted molar refractivity (Wildman–Crippen MR) is 147 cm³/mol. The fourth-order valence-corrected chi connectivity index (χ4v) is 4.48. The molecule has 0 amide bonds. The highest BCUT2D eigenvalue weighted by molar-refractivity contribution is 6.31. The standard InChI is InChI=1S/C27H39ClF3N5O2/c1-2-3-4-5-6-7-8-9-10-11-12-13-14-15-18-32-25-24(36(37)38)26(34-20-33-25)35-21-16-17-23(28)22(19-21)27(29,30)31/h16-17,19-20H,2-15,18H2,1H3,(H2,32,33,34,35). The maximum atomic E-state index is 13.2. The first-order chi connectivity index (χ1) is 18.2. The number of nitrogens with zero attached hydrogens (tertiary/aromatic N) is 3. The number of rotatable bonds is 19. The van der Waals surface area contributed by atoms with Crippen molar-refractivity contribution in [1.82, 2.24) is 9.97 Å². The molecule has 212 valence electrons. The number of alkyl halides is 3. The minimum Gasteiger partial charge on any atom is -0.364 e. The van der Waals surface area contributed by atoms with Gasteiger partial charge in [-0.05, 0) is 24.6 Å². The van der Waals surface area contributed by atoms with Gasteiger partial charge >= 0.3 is 11.9 Å². The zero-order chi connectivity index (χ0) is 27.8. The third-order valence-corrected chi connectivity index (χ3v) is 6.69. The Kier molecular flexibility index (Phi) is 14.2. The van der Waals surface area contributed by atoms with Crippen molar-refractivity contribution < 1.29 is 18.1 Å². The molecule has 0 spiro atoms. The zero-order valence-corrected chi connectivity index (χ0v) is 22.8. The number of nitrogens with one attached hydrogen (secondary N) is 2. The van der Waals surface area contributed by atoms with E-state index >= 15 is 0 Å². The fourth-order valence-electron chi connectivity index (χ4n) is 4.26. The summed E-state index contributed by atoms with van der Waals surface area (Å²) in [7, 11) is 0. The van der Waals surface area contributed by atoms with E-state index in [1.54, 1.807) is 0 Å². The van der Waals surface area contributed by atoms with Crippen molar-refractivity contribution in [2.75, 3.05) is 17.2 Å². The number of anilines is 3. The van der Waals surface area contributed by atoms with E-state index in [2.05, 4.69) is 27.5 Å². The molecular weight excluding hydrogens is 519 g/mol. The summed E-state index contributed by atoms with van der Waals surface area (Å²) in [5.74, 6) is -0.184. The lowest BCUT2D eigenvalue weighted by Gasteiger charge is -2.13. The van der Waals surface area contributed by atoms with Crippen molar-refractivity contribution in [2.45, 2.75) is 103 Å². The first kappa shape index (κ1) is 31.6. The lowest BCUT2D eigenvalue weighted by atomic mass is 10.0. The average Bonchev–Trinajstić information content (AvgIpc) is 2.86. The Morgan fingerprint density at radius 1 is 0.868 bits per heavy atom. The zero-order valence-electron chi connectivity index (χ0n) is 22.1. The Morgan fingerprint density at radius 3 is 1.92 bits per heavy atom. The van der Waals surface area contributed by atoms with E-state index in [-0.39, 0.29) is 17.3 Å². The molecule has 0 saturated heterocycles. The van der Waals surface area contributed by atoms with Crippen LogP contribution >= 0.6 is 11.6 Å². The van der Waals surface area contributed by atoms with E-state index in [1.165, 1.54) is 76.7 Å². The molecule has 2 aromatic rings. The summed E-state index contributed by atoms with van der Waals surface area (Å²) >= 11 is 5.65. The van der Waals surface area contributed by atoms with Crippen LogP contribution in [0, 0.1) is 10.1 Å². The highest BCUT2D eigenvalue weighted by atomic mass is 35.5. The second-order valence-corrected chi connectivity index (χ2v) is 9.92. The molecule has 11 heteroatoms. The molecule has 2 rings (SSSR count). The van der Waals surface area contributed by atoms with Crippen LogP contribution in [0.5, 0.6) is 0 Å². The Labute approximate surface area is 228 Å². The Morgan fingerprint density at radius 2 is 1.39 bits per heavy atom. The van der Waals surface area contributed by atoms with Gasteiger partial charge in [0, 0.05) is 12.2 Å². The molecule has 0 bridgehead atoms. The smallest absolute Gasteiger partial charge is 0.364 e. The van der Waals surface area contributed by atoms with Crippen LogP contribution in [0.25, 0.3) is 0 Å². The van der Waals surface area contributed by atoms with Crippen LogP contribution in [-0.2, 0) is 6.18 Å². The molecule has 0 radical (unpaired) electrons. The van der Waals surface area contributed by atoms with E-state index < -0.39 is 27.4 Å². The Bertz CT molecular complexity index is 992. The van der Waals surface area contributed by atoms with Gasteiger partial charge in [0.2, 0.25) is 11.6 Å². The SMILES string of the molecule is CCCCCCCCCCCCCCCCNc1ncnc(Nc2ccc(Cl)c(C(F)(F)F)c2)c1[N+](=O)[O-]. The van der Waals surface area contributed by atoms with Gasteiger partial charge in [-0.1, -0.05) is 102 Å². The second kappa shape index (κ2) is 17.1. The highest BCUT2D eigenvalue weighted by Gasteiger charge is 2.33. The quantitative estimate of drug-likeness (QED) is 0.101. The summed E-state index contributed by atoms with van der Waals surface area (Å²) in [5, 5.41) is 16.8. The van der Waals surface area contributed by atoms with Gasteiger partial charge in [-0.2, -0.15) is 13.2 Å². The summed E-state index contributed by atoms with van der Waals surface area (Å²) in [6.45, 7) is 2.73. The van der Waals surface area contributed by atoms with E-state index in [0.717, 1.165) is 37.7 Å². The lowest BCUT2D eigenvalue weighted by Crippen LogP contribution is -2.10. The van der Waals surface area contributed by atoms with Gasteiger partial charge in [0.25, 0.3) is 0 Å². The molecular formula is C27H39ClF3N5O2. The first-order valence-corrected chi connectivity index (χ1v) is 14.0. The molecule has 0 unspecified atom stereocenters. The lowest BCUT2D eigenvalue weighted by molar-refractivity contribution is -0.383. The summed E-state index contributed by atoms with van der Waals surface area (Å²) in [4.78, 5) is 18.9. The van der Waals surface area contributed by atoms with Gasteiger partial charge in [0.1, 0.15) is 6.33 Å². The van der Waals surface area contributed by atoms with Gasteiger partial charge in [-0.25, -0.2) is 9.97 Å². The van der Waals surface area contributed by atoms with Crippen molar-refractivity contribution in [3.63, 3.8) is 0 Å². The van der Waals surface area contributed by atoms with Gasteiger partial charge in [-0.3, -0.25) is 10.1 Å². The second-order valence-electron chi connectivity index (χ2n) is 9.52. The highest BCUT2D eigenvalue weighted by Crippen LogP contribution is 2.38. The van der Waals surface area contributed by atoms with Crippen LogP contribution in [0.4, 0.5) is 36.2 Å². The van der Waals surface area contributed by atoms with E-state index in [0.29, 0.717) is 6.54 Å². The van der Waals surface area contributed by atoms with Gasteiger partial charge in [0.15, 0.2) is 0 Å². The van der Waals surface area contributed by atoms with Crippen LogP contribution in [-0.4, -0.2) is 21.4 Å². The van der Waals surface area contributed by atoms with Crippen molar-refractivity contribution in [3.05, 3.63) is 45.2 Å². The molecule has 0 aliphatic carbocycles. The van der Waals surface area contributed by atoms with Crippen molar-refractivity contribution in [3.8, 4) is 0 Å². The predicted octanol–water partition coefficient (Wildman–Crippen LogP) is 9.69. The number of nitro groups is 1. The maximum Gasteiger partial charge on any atom is 0.417 e. The number of halogens is 4. The minimum atomic E-state index is -4.66. The van der Waals surface area contributed by atoms with Crippen LogP contribution in [0.3, 0.4) is 0 Å². The molecule has 1 aromatic carbocycles. The van der Waals surface area contributed by atoms with Gasteiger partial charge < -0.3 is 10.6 Å². The molecule has 1 heterocycles. The average molecular weight is 558 g/mol. The third-order valence-electron chi connectivity index (χ3n) is 6.36. The molecule has 7 nitrogen and oxygen atoms in total. The van der Waals surface area contributed by atoms with E-state index in [9.17, 15) is 23.3 Å². The Balaban J connectivity index is 1.74. The largest absolute Gasteiger partial charge is 0.417 e. The van der Waals surface area contributed by atoms with E-state index in [4.69, 9.17) is 11.6 Å². The van der Waals surface area contributed by atoms with Crippen LogP contribution in [0.1, 0.15) is 102 Å². The maximum absolute atomic E-state index is 13.2. The van der Waals surface area contributed by atoms with E-state index in [1.807, 2.05) is 0 Å². The summed E-state index contributed by atoms with van der Waals surface area (Å²) in [5.41, 5.74) is -1.50. The Hall–Kier alpha value is -2.62. The molecule has 0 aliphatic rings. The first-order valence-electron chi connectivity index (χ1n) is 13.6. The number of hydrogen-bond donors (Lipinski definition) is 2. The van der Waals surface area contributed by atoms with Crippen molar-refractivity contribution in [2.24, 2.45) is 0 Å². The number of aromatic nitrogens is 2.